The molecule has 13 rings (SSSR count). The molecule has 0 amide bonds. The topological polar surface area (TPSA) is 9.86 Å². The molecule has 2 heterocycles. The van der Waals surface area contributed by atoms with Gasteiger partial charge >= 0.3 is 0 Å². The number of rotatable bonds is 4. The van der Waals surface area contributed by atoms with Crippen molar-refractivity contribution in [3.63, 3.8) is 0 Å². The number of para-hydroxylation sites is 2. The van der Waals surface area contributed by atoms with Crippen LogP contribution in [0.3, 0.4) is 0 Å². The molecule has 0 radical (unpaired) electrons. The van der Waals surface area contributed by atoms with E-state index in [1.165, 1.54) is 115 Å². The van der Waals surface area contributed by atoms with Gasteiger partial charge < -0.3 is 9.13 Å². The molecule has 4 saturated carbocycles. The number of aromatic nitrogens is 2. The standard InChI is InChI=1S/C50H40N2/c1-2-8-37-26-38(14-13-35(37)7-1)36-15-18-40(19-16-36)51-46-11-5-4-10-43(46)45-28-41(20-22-49(45)51)52-47-12-6-3-9-42(47)44-27-39(17-21-48(44)52)50-29-32-23-33(30-50)25-34(24-32)31-50/h1-22,26-28,32-34H,23-25,29-31H2. The highest BCUT2D eigenvalue weighted by Gasteiger charge is 2.51. The molecule has 4 bridgehead atoms. The summed E-state index contributed by atoms with van der Waals surface area (Å²) in [6, 6.07) is 57.0. The van der Waals surface area contributed by atoms with E-state index in [1.54, 1.807) is 5.56 Å². The Bertz CT molecular complexity index is 2850. The van der Waals surface area contributed by atoms with Crippen LogP contribution < -0.4 is 0 Å². The van der Waals surface area contributed by atoms with Gasteiger partial charge in [-0.05, 0) is 150 Å². The number of hydrogen-bond donors (Lipinski definition) is 0. The van der Waals surface area contributed by atoms with Gasteiger partial charge in [-0.15, -0.1) is 0 Å². The third-order valence-corrected chi connectivity index (χ3v) is 13.4. The Morgan fingerprint density at radius 2 is 0.904 bits per heavy atom. The molecule has 2 nitrogen and oxygen atoms in total. The van der Waals surface area contributed by atoms with Crippen molar-refractivity contribution in [1.82, 2.24) is 9.13 Å². The van der Waals surface area contributed by atoms with Gasteiger partial charge in [0.2, 0.25) is 0 Å². The zero-order valence-electron chi connectivity index (χ0n) is 29.3. The van der Waals surface area contributed by atoms with Crippen molar-refractivity contribution in [3.8, 4) is 22.5 Å². The molecule has 0 aliphatic heterocycles. The summed E-state index contributed by atoms with van der Waals surface area (Å²) >= 11 is 0. The summed E-state index contributed by atoms with van der Waals surface area (Å²) in [7, 11) is 0. The minimum Gasteiger partial charge on any atom is -0.309 e. The average Bonchev–Trinajstić information content (AvgIpc) is 3.69. The van der Waals surface area contributed by atoms with Gasteiger partial charge in [0, 0.05) is 32.9 Å². The van der Waals surface area contributed by atoms with Crippen LogP contribution in [0.2, 0.25) is 0 Å². The van der Waals surface area contributed by atoms with Crippen LogP contribution in [0.25, 0.3) is 76.9 Å². The van der Waals surface area contributed by atoms with E-state index < -0.39 is 0 Å². The number of benzene rings is 7. The maximum atomic E-state index is 2.60. The highest BCUT2D eigenvalue weighted by Crippen LogP contribution is 2.61. The van der Waals surface area contributed by atoms with Crippen LogP contribution >= 0.6 is 0 Å². The molecule has 4 aliphatic rings. The largest absolute Gasteiger partial charge is 0.309 e. The molecule has 0 unspecified atom stereocenters. The summed E-state index contributed by atoms with van der Waals surface area (Å²) in [5, 5.41) is 7.87. The Labute approximate surface area is 303 Å². The molecule has 0 saturated heterocycles. The van der Waals surface area contributed by atoms with Crippen LogP contribution in [0.5, 0.6) is 0 Å². The third kappa shape index (κ3) is 4.18. The van der Waals surface area contributed by atoms with E-state index in [4.69, 9.17) is 0 Å². The minimum atomic E-state index is 0.389. The van der Waals surface area contributed by atoms with Crippen molar-refractivity contribution in [2.45, 2.75) is 43.9 Å². The molecule has 0 atom stereocenters. The normalized spacial score (nSPS) is 22.4. The Morgan fingerprint density at radius 3 is 1.60 bits per heavy atom. The minimum absolute atomic E-state index is 0.389. The molecule has 0 spiro atoms. The smallest absolute Gasteiger partial charge is 0.0542 e. The fourth-order valence-corrected chi connectivity index (χ4v) is 11.6. The first-order chi connectivity index (χ1) is 25.7. The molecule has 2 aromatic heterocycles. The van der Waals surface area contributed by atoms with Gasteiger partial charge in [0.1, 0.15) is 0 Å². The molecule has 4 fully saturated rings. The summed E-state index contributed by atoms with van der Waals surface area (Å²) in [6.07, 6.45) is 8.64. The lowest BCUT2D eigenvalue weighted by Crippen LogP contribution is -2.48. The lowest BCUT2D eigenvalue weighted by molar-refractivity contribution is -0.00512. The monoisotopic (exact) mass is 668 g/mol. The van der Waals surface area contributed by atoms with E-state index in [0.717, 1.165) is 17.8 Å². The lowest BCUT2D eigenvalue weighted by atomic mass is 9.48. The van der Waals surface area contributed by atoms with E-state index in [2.05, 4.69) is 161 Å². The zero-order chi connectivity index (χ0) is 34.0. The summed E-state index contributed by atoms with van der Waals surface area (Å²) in [4.78, 5) is 0. The van der Waals surface area contributed by atoms with Crippen LogP contribution in [-0.4, -0.2) is 9.13 Å². The Hall–Kier alpha value is -5.60. The van der Waals surface area contributed by atoms with Crippen LogP contribution in [0.15, 0.2) is 152 Å². The van der Waals surface area contributed by atoms with Crippen molar-refractivity contribution in [1.29, 1.82) is 0 Å². The molecular formula is C50H40N2. The Kier molecular flexibility index (Phi) is 5.98. The first kappa shape index (κ1) is 29.0. The van der Waals surface area contributed by atoms with Gasteiger partial charge in [-0.25, -0.2) is 0 Å². The van der Waals surface area contributed by atoms with E-state index in [0.29, 0.717) is 5.41 Å². The SMILES string of the molecule is c1ccc2cc(-c3ccc(-n4c5ccccc5c5cc(-n6c7ccccc7c7cc(C89CC%10CC(CC(C%10)C8)C9)ccc76)ccc54)cc3)ccc2c1. The van der Waals surface area contributed by atoms with Crippen molar-refractivity contribution in [3.05, 3.63) is 157 Å². The second-order valence-corrected chi connectivity index (χ2v) is 16.4. The first-order valence-corrected chi connectivity index (χ1v) is 19.3. The molecular weight excluding hydrogens is 629 g/mol. The molecule has 4 aliphatic carbocycles. The van der Waals surface area contributed by atoms with Gasteiger partial charge in [-0.3, -0.25) is 0 Å². The van der Waals surface area contributed by atoms with Crippen LogP contribution in [0, 0.1) is 17.8 Å². The Balaban J connectivity index is 0.986. The lowest BCUT2D eigenvalue weighted by Gasteiger charge is -2.57. The molecule has 52 heavy (non-hydrogen) atoms. The van der Waals surface area contributed by atoms with Gasteiger partial charge in [0.05, 0.1) is 22.1 Å². The van der Waals surface area contributed by atoms with E-state index in [1.807, 2.05) is 0 Å². The maximum Gasteiger partial charge on any atom is 0.0542 e. The van der Waals surface area contributed by atoms with Crippen molar-refractivity contribution >= 4 is 54.4 Å². The fourth-order valence-electron chi connectivity index (χ4n) is 11.6. The van der Waals surface area contributed by atoms with Crippen LogP contribution in [0.1, 0.15) is 44.1 Å². The summed E-state index contributed by atoms with van der Waals surface area (Å²) < 4.78 is 4.94. The molecule has 9 aromatic rings. The van der Waals surface area contributed by atoms with Crippen LogP contribution in [0.4, 0.5) is 0 Å². The van der Waals surface area contributed by atoms with Crippen molar-refractivity contribution < 1.29 is 0 Å². The second kappa shape index (κ2) is 10.7. The van der Waals surface area contributed by atoms with Gasteiger partial charge in [-0.2, -0.15) is 0 Å². The number of nitrogens with zero attached hydrogens (tertiary/aromatic N) is 2. The second-order valence-electron chi connectivity index (χ2n) is 16.4. The third-order valence-electron chi connectivity index (χ3n) is 13.4. The maximum absolute atomic E-state index is 2.60. The fraction of sp³-hybridized carbons (Fsp3) is 0.200. The average molecular weight is 669 g/mol. The van der Waals surface area contributed by atoms with Crippen molar-refractivity contribution in [2.75, 3.05) is 0 Å². The quantitative estimate of drug-likeness (QED) is 0.177. The number of hydrogen-bond acceptors (Lipinski definition) is 0. The van der Waals surface area contributed by atoms with E-state index >= 15 is 0 Å². The summed E-state index contributed by atoms with van der Waals surface area (Å²) in [6.45, 7) is 0. The molecule has 7 aromatic carbocycles. The van der Waals surface area contributed by atoms with E-state index in [-0.39, 0.29) is 0 Å². The van der Waals surface area contributed by atoms with Crippen molar-refractivity contribution in [2.24, 2.45) is 17.8 Å². The van der Waals surface area contributed by atoms with Crippen LogP contribution in [-0.2, 0) is 5.41 Å². The number of fused-ring (bicyclic) bond motifs is 7. The molecule has 0 N–H and O–H groups in total. The highest BCUT2D eigenvalue weighted by atomic mass is 15.0. The first-order valence-electron chi connectivity index (χ1n) is 19.3. The summed E-state index contributed by atoms with van der Waals surface area (Å²) in [5.41, 5.74) is 11.9. The van der Waals surface area contributed by atoms with Gasteiger partial charge in [-0.1, -0.05) is 91.0 Å². The van der Waals surface area contributed by atoms with Gasteiger partial charge in [0.25, 0.3) is 0 Å². The zero-order valence-corrected chi connectivity index (χ0v) is 29.3. The van der Waals surface area contributed by atoms with Gasteiger partial charge in [0.15, 0.2) is 0 Å². The predicted molar refractivity (Wildman–Crippen MR) is 218 cm³/mol. The Morgan fingerprint density at radius 1 is 0.385 bits per heavy atom. The summed E-state index contributed by atoms with van der Waals surface area (Å²) in [5.74, 6) is 2.83. The predicted octanol–water partition coefficient (Wildman–Crippen LogP) is 13.2. The van der Waals surface area contributed by atoms with E-state index in [9.17, 15) is 0 Å². The molecule has 250 valence electrons. The highest BCUT2D eigenvalue weighted by molar-refractivity contribution is 6.12. The molecule has 2 heteroatoms.